The van der Waals surface area contributed by atoms with Gasteiger partial charge in [-0.15, -0.1) is 12.3 Å². The van der Waals surface area contributed by atoms with Crippen molar-refractivity contribution in [2.75, 3.05) is 6.61 Å². The van der Waals surface area contributed by atoms with Crippen LogP contribution in [-0.4, -0.2) is 27.3 Å². The van der Waals surface area contributed by atoms with Gasteiger partial charge in [-0.3, -0.25) is 0 Å². The predicted octanol–water partition coefficient (Wildman–Crippen LogP) is 3.30. The van der Waals surface area contributed by atoms with Crippen LogP contribution >= 0.6 is 0 Å². The fourth-order valence-corrected chi connectivity index (χ4v) is 2.49. The quantitative estimate of drug-likeness (QED) is 0.411. The molecule has 3 rings (SSSR count). The lowest BCUT2D eigenvalue weighted by Gasteiger charge is -2.08. The second-order valence-corrected chi connectivity index (χ2v) is 5.21. The highest BCUT2D eigenvalue weighted by molar-refractivity contribution is 6.03. The van der Waals surface area contributed by atoms with Gasteiger partial charge in [-0.2, -0.15) is 5.10 Å². The summed E-state index contributed by atoms with van der Waals surface area (Å²) in [6, 6.07) is 11.5. The number of pyridine rings is 1. The zero-order chi connectivity index (χ0) is 16.9. The van der Waals surface area contributed by atoms with Gasteiger partial charge in [-0.05, 0) is 13.0 Å². The maximum atomic E-state index is 12.5. The van der Waals surface area contributed by atoms with Crippen LogP contribution in [0.3, 0.4) is 0 Å². The van der Waals surface area contributed by atoms with Crippen molar-refractivity contribution in [3.05, 3.63) is 48.2 Å². The third-order valence-electron chi connectivity index (χ3n) is 3.68. The van der Waals surface area contributed by atoms with Gasteiger partial charge in [-0.1, -0.05) is 30.3 Å². The minimum absolute atomic E-state index is 0.196. The van der Waals surface area contributed by atoms with Gasteiger partial charge in [0.25, 0.3) is 0 Å². The van der Waals surface area contributed by atoms with Crippen LogP contribution in [-0.2, 0) is 11.3 Å². The maximum Gasteiger partial charge on any atom is 0.339 e. The van der Waals surface area contributed by atoms with Crippen LogP contribution in [0.4, 0.5) is 0 Å². The fourth-order valence-electron chi connectivity index (χ4n) is 2.49. The van der Waals surface area contributed by atoms with Gasteiger partial charge >= 0.3 is 5.97 Å². The Morgan fingerprint density at radius 2 is 2.12 bits per heavy atom. The normalized spacial score (nSPS) is 10.5. The second-order valence-electron chi connectivity index (χ2n) is 5.21. The Morgan fingerprint density at radius 1 is 1.33 bits per heavy atom. The number of rotatable bonds is 5. The summed E-state index contributed by atoms with van der Waals surface area (Å²) in [4.78, 5) is 17.1. The van der Waals surface area contributed by atoms with Crippen molar-refractivity contribution in [1.82, 2.24) is 14.8 Å². The van der Waals surface area contributed by atoms with Gasteiger partial charge in [0, 0.05) is 18.5 Å². The zero-order valence-corrected chi connectivity index (χ0v) is 13.4. The van der Waals surface area contributed by atoms with Crippen LogP contribution in [0.15, 0.2) is 42.6 Å². The van der Waals surface area contributed by atoms with Gasteiger partial charge in [0.2, 0.25) is 0 Å². The molecular formula is C19H17N3O2. The highest BCUT2D eigenvalue weighted by Crippen LogP contribution is 2.25. The van der Waals surface area contributed by atoms with E-state index >= 15 is 0 Å². The molecule has 3 aromatic rings. The maximum absolute atomic E-state index is 12.5. The predicted molar refractivity (Wildman–Crippen MR) is 92.4 cm³/mol. The van der Waals surface area contributed by atoms with E-state index in [1.807, 2.05) is 37.3 Å². The summed E-state index contributed by atoms with van der Waals surface area (Å²) in [6.45, 7) is 2.84. The summed E-state index contributed by atoms with van der Waals surface area (Å²) in [5.41, 5.74) is 2.77. The summed E-state index contributed by atoms with van der Waals surface area (Å²) >= 11 is 0. The number of carbonyl (C=O) groups excluding carboxylic acids is 1. The van der Waals surface area contributed by atoms with E-state index in [0.717, 1.165) is 5.56 Å². The summed E-state index contributed by atoms with van der Waals surface area (Å²) in [6.07, 6.45) is 7.24. The van der Waals surface area contributed by atoms with Crippen molar-refractivity contribution >= 4 is 17.0 Å². The first kappa shape index (κ1) is 15.8. The molecule has 24 heavy (non-hydrogen) atoms. The van der Waals surface area contributed by atoms with Gasteiger partial charge in [0.1, 0.15) is 6.61 Å². The van der Waals surface area contributed by atoms with Crippen molar-refractivity contribution in [1.29, 1.82) is 0 Å². The minimum Gasteiger partial charge on any atom is -0.461 e. The molecule has 0 aliphatic rings. The lowest BCUT2D eigenvalue weighted by atomic mass is 10.1. The van der Waals surface area contributed by atoms with E-state index in [1.54, 1.807) is 16.9 Å². The Labute approximate surface area is 140 Å². The first-order valence-electron chi connectivity index (χ1n) is 7.77. The molecule has 0 spiro atoms. The number of aromatic nitrogens is 3. The summed E-state index contributed by atoms with van der Waals surface area (Å²) in [5.74, 6) is 2.04. The third-order valence-corrected chi connectivity index (χ3v) is 3.68. The van der Waals surface area contributed by atoms with Crippen LogP contribution in [0.1, 0.15) is 23.7 Å². The van der Waals surface area contributed by atoms with E-state index in [2.05, 4.69) is 16.0 Å². The number of terminal acetylenes is 1. The topological polar surface area (TPSA) is 57.0 Å². The molecule has 2 heterocycles. The number of carbonyl (C=O) groups is 1. The van der Waals surface area contributed by atoms with E-state index in [1.165, 1.54) is 0 Å². The number of fused-ring (bicyclic) bond motifs is 1. The second kappa shape index (κ2) is 6.97. The summed E-state index contributed by atoms with van der Waals surface area (Å²) < 4.78 is 7.03. The molecule has 0 atom stereocenters. The number of esters is 1. The highest BCUT2D eigenvalue weighted by atomic mass is 16.5. The molecule has 1 aromatic carbocycles. The average molecular weight is 319 g/mol. The van der Waals surface area contributed by atoms with E-state index in [0.29, 0.717) is 35.3 Å². The van der Waals surface area contributed by atoms with Gasteiger partial charge in [0.15, 0.2) is 5.65 Å². The number of ether oxygens (including phenoxy) is 1. The molecule has 5 nitrogen and oxygen atoms in total. The Bertz CT molecular complexity index is 908. The molecule has 0 amide bonds. The Hall–Kier alpha value is -3.13. The van der Waals surface area contributed by atoms with E-state index in [9.17, 15) is 4.79 Å². The van der Waals surface area contributed by atoms with E-state index < -0.39 is 5.97 Å². The van der Waals surface area contributed by atoms with Gasteiger partial charge in [0.05, 0.1) is 22.8 Å². The van der Waals surface area contributed by atoms with Crippen LogP contribution in [0, 0.1) is 12.3 Å². The van der Waals surface area contributed by atoms with Crippen LogP contribution < -0.4 is 0 Å². The lowest BCUT2D eigenvalue weighted by Crippen LogP contribution is -2.08. The average Bonchev–Trinajstić information content (AvgIpc) is 3.04. The molecule has 0 radical (unpaired) electrons. The molecular weight excluding hydrogens is 302 g/mol. The first-order chi connectivity index (χ1) is 11.7. The van der Waals surface area contributed by atoms with Crippen molar-refractivity contribution < 1.29 is 9.53 Å². The number of hydrogen-bond acceptors (Lipinski definition) is 4. The lowest BCUT2D eigenvalue weighted by molar-refractivity contribution is 0.0516. The molecule has 0 saturated carbocycles. The van der Waals surface area contributed by atoms with E-state index in [4.69, 9.17) is 11.2 Å². The van der Waals surface area contributed by atoms with Crippen molar-refractivity contribution in [3.8, 4) is 23.6 Å². The molecule has 120 valence electrons. The monoisotopic (exact) mass is 319 g/mol. The SMILES string of the molecule is C#CCCOC(=O)c1cc(-c2ccccc2)nc2c1cnn2CC. The Kier molecular flexibility index (Phi) is 4.57. The van der Waals surface area contributed by atoms with Gasteiger partial charge < -0.3 is 4.74 Å². The fraction of sp³-hybridized carbons (Fsp3) is 0.211. The molecule has 0 aliphatic heterocycles. The summed E-state index contributed by atoms with van der Waals surface area (Å²) in [7, 11) is 0. The number of aryl methyl sites for hydroxylation is 1. The minimum atomic E-state index is -0.412. The summed E-state index contributed by atoms with van der Waals surface area (Å²) in [5, 5.41) is 4.98. The number of benzene rings is 1. The van der Waals surface area contributed by atoms with Crippen molar-refractivity contribution in [3.63, 3.8) is 0 Å². The number of hydrogen-bond donors (Lipinski definition) is 0. The zero-order valence-electron chi connectivity index (χ0n) is 13.4. The molecule has 2 aromatic heterocycles. The van der Waals surface area contributed by atoms with Crippen molar-refractivity contribution in [2.24, 2.45) is 0 Å². The van der Waals surface area contributed by atoms with Crippen LogP contribution in [0.2, 0.25) is 0 Å². The molecule has 0 N–H and O–H groups in total. The Balaban J connectivity index is 2.11. The molecule has 0 aliphatic carbocycles. The van der Waals surface area contributed by atoms with Crippen molar-refractivity contribution in [2.45, 2.75) is 19.9 Å². The largest absolute Gasteiger partial charge is 0.461 e. The van der Waals surface area contributed by atoms with E-state index in [-0.39, 0.29) is 6.61 Å². The van der Waals surface area contributed by atoms with Crippen LogP contribution in [0.5, 0.6) is 0 Å². The van der Waals surface area contributed by atoms with Gasteiger partial charge in [-0.25, -0.2) is 14.5 Å². The smallest absolute Gasteiger partial charge is 0.339 e. The third kappa shape index (κ3) is 2.99. The standard InChI is InChI=1S/C19H17N3O2/c1-3-5-11-24-19(23)15-12-17(14-9-7-6-8-10-14)21-18-16(15)13-20-22(18)4-2/h1,6-10,12-13H,4-5,11H2,2H3. The molecule has 5 heteroatoms. The number of nitrogens with zero attached hydrogens (tertiary/aromatic N) is 3. The van der Waals surface area contributed by atoms with Crippen LogP contribution in [0.25, 0.3) is 22.3 Å². The molecule has 0 bridgehead atoms. The highest BCUT2D eigenvalue weighted by Gasteiger charge is 2.18. The first-order valence-corrected chi connectivity index (χ1v) is 7.77. The molecule has 0 unspecified atom stereocenters. The molecule has 0 fully saturated rings. The Morgan fingerprint density at radius 3 is 2.83 bits per heavy atom. The molecule has 0 saturated heterocycles.